The van der Waals surface area contributed by atoms with E-state index in [9.17, 15) is 4.79 Å². The van der Waals surface area contributed by atoms with Gasteiger partial charge in [-0.15, -0.1) is 0 Å². The van der Waals surface area contributed by atoms with E-state index in [1.807, 2.05) is 13.0 Å². The third kappa shape index (κ3) is 5.17. The summed E-state index contributed by atoms with van der Waals surface area (Å²) in [5, 5.41) is 6.01. The lowest BCUT2D eigenvalue weighted by molar-refractivity contribution is 0.0952. The van der Waals surface area contributed by atoms with Crippen LogP contribution >= 0.6 is 0 Å². The molecule has 4 nitrogen and oxygen atoms in total. The molecular weight excluding hydrogens is 226 g/mol. The van der Waals surface area contributed by atoms with Crippen molar-refractivity contribution in [2.45, 2.75) is 39.5 Å². The molecular formula is C14H23N3O. The Morgan fingerprint density at radius 1 is 1.22 bits per heavy atom. The van der Waals surface area contributed by atoms with Gasteiger partial charge in [0.15, 0.2) is 0 Å². The number of carbonyl (C=O) groups excluding carboxylic acids is 1. The molecule has 0 aliphatic rings. The molecule has 1 aromatic heterocycles. The molecule has 1 amide bonds. The van der Waals surface area contributed by atoms with E-state index in [0.29, 0.717) is 5.56 Å². The quantitative estimate of drug-likeness (QED) is 0.697. The Balaban J connectivity index is 2.32. The van der Waals surface area contributed by atoms with Gasteiger partial charge in [-0.2, -0.15) is 0 Å². The monoisotopic (exact) mass is 249 g/mol. The first kappa shape index (κ1) is 14.5. The number of carbonyl (C=O) groups is 1. The molecule has 0 saturated heterocycles. The molecule has 100 valence electrons. The van der Waals surface area contributed by atoms with Gasteiger partial charge in [-0.05, 0) is 25.5 Å². The summed E-state index contributed by atoms with van der Waals surface area (Å²) in [6.45, 7) is 5.76. The van der Waals surface area contributed by atoms with E-state index in [1.54, 1.807) is 12.3 Å². The van der Waals surface area contributed by atoms with Gasteiger partial charge >= 0.3 is 0 Å². The van der Waals surface area contributed by atoms with Gasteiger partial charge in [-0.25, -0.2) is 4.98 Å². The first-order chi connectivity index (χ1) is 8.77. The summed E-state index contributed by atoms with van der Waals surface area (Å²) in [4.78, 5) is 16.0. The number of unbranched alkanes of at least 4 members (excludes halogenated alkanes) is 3. The van der Waals surface area contributed by atoms with Gasteiger partial charge in [0.1, 0.15) is 5.82 Å². The Morgan fingerprint density at radius 2 is 2.06 bits per heavy atom. The highest BCUT2D eigenvalue weighted by Crippen LogP contribution is 2.05. The minimum atomic E-state index is -0.0398. The van der Waals surface area contributed by atoms with Crippen LogP contribution in [0.5, 0.6) is 0 Å². The lowest BCUT2D eigenvalue weighted by atomic mass is 10.2. The first-order valence-electron chi connectivity index (χ1n) is 6.76. The second-order valence-corrected chi connectivity index (χ2v) is 4.28. The Hall–Kier alpha value is -1.58. The van der Waals surface area contributed by atoms with Gasteiger partial charge in [0.25, 0.3) is 5.91 Å². The van der Waals surface area contributed by atoms with Gasteiger partial charge in [0.2, 0.25) is 0 Å². The van der Waals surface area contributed by atoms with Crippen LogP contribution in [0.4, 0.5) is 5.82 Å². The van der Waals surface area contributed by atoms with Crippen LogP contribution in [0.15, 0.2) is 18.3 Å². The lowest BCUT2D eigenvalue weighted by Gasteiger charge is -2.06. The zero-order chi connectivity index (χ0) is 13.2. The molecule has 1 aromatic rings. The maximum Gasteiger partial charge on any atom is 0.252 e. The average Bonchev–Trinajstić information content (AvgIpc) is 2.39. The number of hydrogen-bond acceptors (Lipinski definition) is 3. The number of rotatable bonds is 8. The van der Waals surface area contributed by atoms with Crippen LogP contribution in [0.2, 0.25) is 0 Å². The third-order valence-electron chi connectivity index (χ3n) is 2.70. The molecule has 0 saturated carbocycles. The highest BCUT2D eigenvalue weighted by atomic mass is 16.1. The topological polar surface area (TPSA) is 54.0 Å². The van der Waals surface area contributed by atoms with Gasteiger partial charge in [0.05, 0.1) is 5.56 Å². The predicted octanol–water partition coefficient (Wildman–Crippen LogP) is 2.82. The molecule has 0 fully saturated rings. The van der Waals surface area contributed by atoms with Crippen molar-refractivity contribution in [3.8, 4) is 0 Å². The Kier molecular flexibility index (Phi) is 6.84. The van der Waals surface area contributed by atoms with Crippen LogP contribution in [0, 0.1) is 0 Å². The van der Waals surface area contributed by atoms with Crippen LogP contribution in [-0.2, 0) is 0 Å². The molecule has 18 heavy (non-hydrogen) atoms. The fourth-order valence-electron chi connectivity index (χ4n) is 1.67. The summed E-state index contributed by atoms with van der Waals surface area (Å²) in [5.41, 5.74) is 0.618. The van der Waals surface area contributed by atoms with Gasteiger partial charge in [0, 0.05) is 19.3 Å². The number of aromatic nitrogens is 1. The number of pyridine rings is 1. The lowest BCUT2D eigenvalue weighted by Crippen LogP contribution is -2.24. The molecule has 0 aliphatic carbocycles. The van der Waals surface area contributed by atoms with E-state index in [2.05, 4.69) is 22.5 Å². The van der Waals surface area contributed by atoms with Crippen LogP contribution in [0.3, 0.4) is 0 Å². The fraction of sp³-hybridized carbons (Fsp3) is 0.571. The fourth-order valence-corrected chi connectivity index (χ4v) is 1.67. The summed E-state index contributed by atoms with van der Waals surface area (Å²) in [5.74, 6) is 0.763. The summed E-state index contributed by atoms with van der Waals surface area (Å²) >= 11 is 0. The minimum absolute atomic E-state index is 0.0398. The summed E-state index contributed by atoms with van der Waals surface area (Å²) in [6.07, 6.45) is 6.27. The van der Waals surface area contributed by atoms with Crippen molar-refractivity contribution < 1.29 is 4.79 Å². The summed E-state index contributed by atoms with van der Waals surface area (Å²) < 4.78 is 0. The Labute approximate surface area is 109 Å². The molecule has 0 atom stereocenters. The molecule has 1 rings (SSSR count). The Bertz CT molecular complexity index is 349. The minimum Gasteiger partial charge on any atom is -0.370 e. The Morgan fingerprint density at radius 3 is 2.67 bits per heavy atom. The highest BCUT2D eigenvalue weighted by Gasteiger charge is 2.04. The number of anilines is 1. The maximum absolute atomic E-state index is 11.8. The predicted molar refractivity (Wildman–Crippen MR) is 74.9 cm³/mol. The average molecular weight is 249 g/mol. The van der Waals surface area contributed by atoms with E-state index in [-0.39, 0.29) is 5.91 Å². The molecule has 0 bridgehead atoms. The van der Waals surface area contributed by atoms with Crippen LogP contribution < -0.4 is 10.6 Å². The van der Waals surface area contributed by atoms with Crippen molar-refractivity contribution in [3.05, 3.63) is 23.9 Å². The van der Waals surface area contributed by atoms with E-state index in [1.165, 1.54) is 19.3 Å². The van der Waals surface area contributed by atoms with Crippen LogP contribution in [-0.4, -0.2) is 24.0 Å². The summed E-state index contributed by atoms with van der Waals surface area (Å²) in [6, 6.07) is 3.63. The second-order valence-electron chi connectivity index (χ2n) is 4.28. The van der Waals surface area contributed by atoms with Gasteiger partial charge in [-0.3, -0.25) is 4.79 Å². The van der Waals surface area contributed by atoms with Crippen molar-refractivity contribution in [3.63, 3.8) is 0 Å². The molecule has 2 N–H and O–H groups in total. The number of nitrogens with one attached hydrogen (secondary N) is 2. The standard InChI is InChI=1S/C14H23N3O/c1-3-5-6-7-10-16-14(18)12-8-9-13(15-4-2)17-11-12/h8-9,11H,3-7,10H2,1-2H3,(H,15,17)(H,16,18). The van der Waals surface area contributed by atoms with Gasteiger partial charge in [-0.1, -0.05) is 26.2 Å². The molecule has 1 heterocycles. The molecule has 0 unspecified atom stereocenters. The van der Waals surface area contributed by atoms with E-state index < -0.39 is 0 Å². The van der Waals surface area contributed by atoms with Gasteiger partial charge < -0.3 is 10.6 Å². The highest BCUT2D eigenvalue weighted by molar-refractivity contribution is 5.93. The van der Waals surface area contributed by atoms with E-state index in [0.717, 1.165) is 25.3 Å². The zero-order valence-corrected chi connectivity index (χ0v) is 11.3. The SMILES string of the molecule is CCCCCCNC(=O)c1ccc(NCC)nc1. The van der Waals surface area contributed by atoms with Crippen LogP contribution in [0.25, 0.3) is 0 Å². The smallest absolute Gasteiger partial charge is 0.252 e. The molecule has 0 aromatic carbocycles. The zero-order valence-electron chi connectivity index (χ0n) is 11.3. The van der Waals surface area contributed by atoms with E-state index >= 15 is 0 Å². The third-order valence-corrected chi connectivity index (χ3v) is 2.70. The molecule has 0 aliphatic heterocycles. The van der Waals surface area contributed by atoms with Crippen molar-refractivity contribution in [2.24, 2.45) is 0 Å². The first-order valence-corrected chi connectivity index (χ1v) is 6.76. The number of hydrogen-bond donors (Lipinski definition) is 2. The second kappa shape index (κ2) is 8.50. The van der Waals surface area contributed by atoms with E-state index in [4.69, 9.17) is 0 Å². The normalized spacial score (nSPS) is 10.1. The molecule has 4 heteroatoms. The van der Waals surface area contributed by atoms with Crippen molar-refractivity contribution in [1.82, 2.24) is 10.3 Å². The van der Waals surface area contributed by atoms with Crippen molar-refractivity contribution >= 4 is 11.7 Å². The molecule has 0 spiro atoms. The largest absolute Gasteiger partial charge is 0.370 e. The van der Waals surface area contributed by atoms with Crippen molar-refractivity contribution in [2.75, 3.05) is 18.4 Å². The molecule has 0 radical (unpaired) electrons. The van der Waals surface area contributed by atoms with Crippen molar-refractivity contribution in [1.29, 1.82) is 0 Å². The van der Waals surface area contributed by atoms with Crippen LogP contribution in [0.1, 0.15) is 49.9 Å². The number of nitrogens with zero attached hydrogens (tertiary/aromatic N) is 1. The number of amides is 1. The summed E-state index contributed by atoms with van der Waals surface area (Å²) in [7, 11) is 0. The maximum atomic E-state index is 11.8.